The Morgan fingerprint density at radius 3 is 2.89 bits per heavy atom. The van der Waals surface area contributed by atoms with Gasteiger partial charge in [0.1, 0.15) is 6.04 Å². The van der Waals surface area contributed by atoms with E-state index in [0.29, 0.717) is 13.0 Å². The summed E-state index contributed by atoms with van der Waals surface area (Å²) in [6.45, 7) is 7.87. The number of rotatable bonds is 8. The van der Waals surface area contributed by atoms with E-state index in [1.54, 1.807) is 6.20 Å². The Hall–Kier alpha value is -1.36. The summed E-state index contributed by atoms with van der Waals surface area (Å²) in [7, 11) is 0. The van der Waals surface area contributed by atoms with Crippen molar-refractivity contribution < 1.29 is 9.53 Å². The molecule has 0 fully saturated rings. The van der Waals surface area contributed by atoms with Gasteiger partial charge < -0.3 is 10.1 Å². The van der Waals surface area contributed by atoms with E-state index in [1.807, 2.05) is 24.6 Å². The highest BCUT2D eigenvalue weighted by molar-refractivity contribution is 5.75. The molecule has 0 spiro atoms. The van der Waals surface area contributed by atoms with Crippen LogP contribution in [0.4, 0.5) is 0 Å². The van der Waals surface area contributed by atoms with Gasteiger partial charge in [0.15, 0.2) is 0 Å². The first-order chi connectivity index (χ1) is 8.69. The van der Waals surface area contributed by atoms with E-state index in [1.165, 1.54) is 0 Å². The summed E-state index contributed by atoms with van der Waals surface area (Å²) in [5, 5.41) is 7.43. The fourth-order valence-electron chi connectivity index (χ4n) is 1.75. The summed E-state index contributed by atoms with van der Waals surface area (Å²) in [5.41, 5.74) is 1.10. The van der Waals surface area contributed by atoms with Gasteiger partial charge >= 0.3 is 5.97 Å². The van der Waals surface area contributed by atoms with Gasteiger partial charge in [0, 0.05) is 18.4 Å². The molecule has 0 aliphatic heterocycles. The molecule has 5 nitrogen and oxygen atoms in total. The van der Waals surface area contributed by atoms with Gasteiger partial charge in [-0.15, -0.1) is 0 Å². The third-order valence-electron chi connectivity index (χ3n) is 2.77. The SMILES string of the molecule is CCCNC(CCn1nccc1C)C(=O)OCC. The number of nitrogens with zero attached hydrogens (tertiary/aromatic N) is 2. The molecule has 0 saturated carbocycles. The maximum Gasteiger partial charge on any atom is 0.323 e. The van der Waals surface area contributed by atoms with Gasteiger partial charge in [-0.25, -0.2) is 0 Å². The zero-order valence-corrected chi connectivity index (χ0v) is 11.5. The minimum Gasteiger partial charge on any atom is -0.465 e. The van der Waals surface area contributed by atoms with E-state index in [9.17, 15) is 4.79 Å². The number of aryl methyl sites for hydroxylation is 2. The molecule has 0 saturated heterocycles. The van der Waals surface area contributed by atoms with E-state index < -0.39 is 0 Å². The summed E-state index contributed by atoms with van der Waals surface area (Å²) in [6.07, 6.45) is 3.46. The van der Waals surface area contributed by atoms with Crippen molar-refractivity contribution in [2.45, 2.75) is 46.2 Å². The van der Waals surface area contributed by atoms with Gasteiger partial charge in [-0.2, -0.15) is 5.10 Å². The van der Waals surface area contributed by atoms with Crippen molar-refractivity contribution in [1.29, 1.82) is 0 Å². The fourth-order valence-corrected chi connectivity index (χ4v) is 1.75. The molecule has 1 rings (SSSR count). The standard InChI is InChI=1S/C13H23N3O2/c1-4-8-14-12(13(17)18-5-2)7-10-16-11(3)6-9-15-16/h6,9,12,14H,4-5,7-8,10H2,1-3H3. The second kappa shape index (κ2) is 7.87. The highest BCUT2D eigenvalue weighted by Gasteiger charge is 2.18. The van der Waals surface area contributed by atoms with Crippen LogP contribution in [0.3, 0.4) is 0 Å². The maximum atomic E-state index is 11.8. The van der Waals surface area contributed by atoms with Gasteiger partial charge in [0.05, 0.1) is 6.61 Å². The molecular weight excluding hydrogens is 230 g/mol. The second-order valence-corrected chi connectivity index (χ2v) is 4.24. The number of hydrogen-bond donors (Lipinski definition) is 1. The van der Waals surface area contributed by atoms with Crippen molar-refractivity contribution in [1.82, 2.24) is 15.1 Å². The third-order valence-corrected chi connectivity index (χ3v) is 2.77. The predicted molar refractivity (Wildman–Crippen MR) is 70.3 cm³/mol. The largest absolute Gasteiger partial charge is 0.465 e. The molecule has 0 amide bonds. The number of ether oxygens (including phenoxy) is 1. The molecule has 0 bridgehead atoms. The second-order valence-electron chi connectivity index (χ2n) is 4.24. The quantitative estimate of drug-likeness (QED) is 0.714. The average molecular weight is 253 g/mol. The molecule has 0 aliphatic rings. The van der Waals surface area contributed by atoms with Crippen LogP contribution < -0.4 is 5.32 Å². The van der Waals surface area contributed by atoms with Crippen LogP contribution in [-0.4, -0.2) is 34.9 Å². The third kappa shape index (κ3) is 4.49. The lowest BCUT2D eigenvalue weighted by Gasteiger charge is -2.17. The Morgan fingerprint density at radius 2 is 2.33 bits per heavy atom. The Balaban J connectivity index is 2.50. The molecule has 18 heavy (non-hydrogen) atoms. The number of hydrogen-bond acceptors (Lipinski definition) is 4. The van der Waals surface area contributed by atoms with Gasteiger partial charge in [0.25, 0.3) is 0 Å². The summed E-state index contributed by atoms with van der Waals surface area (Å²) < 4.78 is 6.97. The summed E-state index contributed by atoms with van der Waals surface area (Å²) >= 11 is 0. The van der Waals surface area contributed by atoms with Crippen LogP contribution in [0, 0.1) is 6.92 Å². The normalized spacial score (nSPS) is 12.4. The van der Waals surface area contributed by atoms with Crippen molar-refractivity contribution in [2.24, 2.45) is 0 Å². The molecule has 5 heteroatoms. The van der Waals surface area contributed by atoms with Crippen molar-refractivity contribution in [3.05, 3.63) is 18.0 Å². The van der Waals surface area contributed by atoms with Crippen LogP contribution in [0.1, 0.15) is 32.4 Å². The predicted octanol–water partition coefficient (Wildman–Crippen LogP) is 1.51. The van der Waals surface area contributed by atoms with Crippen LogP contribution in [0.15, 0.2) is 12.3 Å². The Morgan fingerprint density at radius 1 is 1.56 bits per heavy atom. The van der Waals surface area contributed by atoms with E-state index in [4.69, 9.17) is 4.74 Å². The first-order valence-corrected chi connectivity index (χ1v) is 6.57. The molecular formula is C13H23N3O2. The highest BCUT2D eigenvalue weighted by atomic mass is 16.5. The first kappa shape index (κ1) is 14.7. The van der Waals surface area contributed by atoms with Crippen LogP contribution >= 0.6 is 0 Å². The molecule has 0 radical (unpaired) electrons. The molecule has 1 aromatic rings. The number of nitrogens with one attached hydrogen (secondary N) is 1. The zero-order chi connectivity index (χ0) is 13.4. The van der Waals surface area contributed by atoms with Gasteiger partial charge in [-0.3, -0.25) is 9.48 Å². The highest BCUT2D eigenvalue weighted by Crippen LogP contribution is 2.02. The molecule has 1 atom stereocenters. The fraction of sp³-hybridized carbons (Fsp3) is 0.692. The molecule has 1 N–H and O–H groups in total. The van der Waals surface area contributed by atoms with E-state index in [-0.39, 0.29) is 12.0 Å². The number of carbonyl (C=O) groups excluding carboxylic acids is 1. The molecule has 1 unspecified atom stereocenters. The minimum atomic E-state index is -0.242. The van der Waals surface area contributed by atoms with Crippen molar-refractivity contribution in [3.63, 3.8) is 0 Å². The zero-order valence-electron chi connectivity index (χ0n) is 11.5. The lowest BCUT2D eigenvalue weighted by Crippen LogP contribution is -2.39. The van der Waals surface area contributed by atoms with Gasteiger partial charge in [0.2, 0.25) is 0 Å². The molecule has 102 valence electrons. The van der Waals surface area contributed by atoms with Crippen LogP contribution in [0.2, 0.25) is 0 Å². The van der Waals surface area contributed by atoms with Crippen molar-refractivity contribution in [3.8, 4) is 0 Å². The molecule has 1 heterocycles. The molecule has 0 aliphatic carbocycles. The number of aromatic nitrogens is 2. The molecule has 0 aromatic carbocycles. The van der Waals surface area contributed by atoms with E-state index in [2.05, 4.69) is 17.3 Å². The smallest absolute Gasteiger partial charge is 0.323 e. The Labute approximate surface area is 109 Å². The topological polar surface area (TPSA) is 56.2 Å². The number of esters is 1. The van der Waals surface area contributed by atoms with Crippen LogP contribution in [-0.2, 0) is 16.1 Å². The maximum absolute atomic E-state index is 11.8. The van der Waals surface area contributed by atoms with Gasteiger partial charge in [-0.05, 0) is 39.3 Å². The monoisotopic (exact) mass is 253 g/mol. The lowest BCUT2D eigenvalue weighted by molar-refractivity contribution is -0.145. The van der Waals surface area contributed by atoms with Crippen LogP contribution in [0.5, 0.6) is 0 Å². The molecule has 1 aromatic heterocycles. The minimum absolute atomic E-state index is 0.171. The average Bonchev–Trinajstić information content (AvgIpc) is 2.75. The van der Waals surface area contributed by atoms with Crippen molar-refractivity contribution >= 4 is 5.97 Å². The summed E-state index contributed by atoms with van der Waals surface area (Å²) in [6, 6.07) is 1.72. The van der Waals surface area contributed by atoms with Gasteiger partial charge in [-0.1, -0.05) is 6.92 Å². The summed E-state index contributed by atoms with van der Waals surface area (Å²) in [5.74, 6) is -0.171. The summed E-state index contributed by atoms with van der Waals surface area (Å²) in [4.78, 5) is 11.8. The Bertz CT molecular complexity index is 363. The van der Waals surface area contributed by atoms with E-state index >= 15 is 0 Å². The van der Waals surface area contributed by atoms with Crippen molar-refractivity contribution in [2.75, 3.05) is 13.2 Å². The Kier molecular flexibility index (Phi) is 6.43. The van der Waals surface area contributed by atoms with E-state index in [0.717, 1.165) is 25.2 Å². The van der Waals surface area contributed by atoms with Crippen LogP contribution in [0.25, 0.3) is 0 Å². The first-order valence-electron chi connectivity index (χ1n) is 6.57. The lowest BCUT2D eigenvalue weighted by atomic mass is 10.2. The number of carbonyl (C=O) groups is 1.